The Bertz CT molecular complexity index is 1790. The van der Waals surface area contributed by atoms with E-state index in [0.717, 1.165) is 46.7 Å². The van der Waals surface area contributed by atoms with Crippen molar-refractivity contribution in [1.82, 2.24) is 25.1 Å². The summed E-state index contributed by atoms with van der Waals surface area (Å²) < 4.78 is 41.7. The van der Waals surface area contributed by atoms with E-state index in [0.29, 0.717) is 23.7 Å². The molecule has 44 heavy (non-hydrogen) atoms. The van der Waals surface area contributed by atoms with Crippen molar-refractivity contribution < 1.29 is 22.8 Å². The number of pyridine rings is 1. The third-order valence-corrected chi connectivity index (χ3v) is 8.87. The Kier molecular flexibility index (Phi) is 9.05. The molecule has 0 bridgehead atoms. The molecule has 8 nitrogen and oxygen atoms in total. The normalized spacial score (nSPS) is 15.6. The van der Waals surface area contributed by atoms with Crippen LogP contribution >= 0.6 is 11.3 Å². The molecular formula is C32H33F3N6O2S. The van der Waals surface area contributed by atoms with E-state index in [1.807, 2.05) is 24.9 Å². The summed E-state index contributed by atoms with van der Waals surface area (Å²) in [6.45, 7) is 9.73. The number of carbonyl (C=O) groups excluding carboxylic acids is 2. The smallest absolute Gasteiger partial charge is 0.346 e. The maximum absolute atomic E-state index is 13.6. The number of benzene rings is 1. The van der Waals surface area contributed by atoms with Gasteiger partial charge in [-0.2, -0.15) is 13.2 Å². The number of hydrogen-bond donors (Lipinski definition) is 3. The van der Waals surface area contributed by atoms with Crippen molar-refractivity contribution in [1.29, 1.82) is 0 Å². The number of H-pyrrole nitrogens is 1. The number of nitrogens with one attached hydrogen (secondary N) is 3. The Morgan fingerprint density at radius 3 is 2.59 bits per heavy atom. The summed E-state index contributed by atoms with van der Waals surface area (Å²) in [6, 6.07) is 8.58. The number of carbonyl (C=O) groups is 2. The van der Waals surface area contributed by atoms with E-state index in [2.05, 4.69) is 32.1 Å². The number of amides is 2. The number of alkyl halides is 3. The minimum absolute atomic E-state index is 0.118. The first-order valence-corrected chi connectivity index (χ1v) is 14.8. The highest BCUT2D eigenvalue weighted by molar-refractivity contribution is 7.21. The average Bonchev–Trinajstić information content (AvgIpc) is 3.63. The molecule has 5 rings (SSSR count). The summed E-state index contributed by atoms with van der Waals surface area (Å²) in [7, 11) is 1.98. The van der Waals surface area contributed by atoms with Crippen molar-refractivity contribution in [3.8, 4) is 0 Å². The van der Waals surface area contributed by atoms with E-state index in [1.54, 1.807) is 36.7 Å². The molecule has 0 saturated carbocycles. The fraction of sp³-hybridized carbons (Fsp3) is 0.281. The fourth-order valence-corrected chi connectivity index (χ4v) is 5.93. The Labute approximate surface area is 256 Å². The van der Waals surface area contributed by atoms with Crippen LogP contribution in [0.25, 0.3) is 21.1 Å². The lowest BCUT2D eigenvalue weighted by Gasteiger charge is -2.33. The van der Waals surface area contributed by atoms with Crippen molar-refractivity contribution in [2.75, 3.05) is 45.1 Å². The number of anilines is 1. The van der Waals surface area contributed by atoms with Crippen LogP contribution in [0, 0.1) is 6.92 Å². The molecule has 1 saturated heterocycles. The van der Waals surface area contributed by atoms with Gasteiger partial charge in [0, 0.05) is 83.1 Å². The standard InChI is InChI=1S/C32H33F3N6O2S/c1-19-5-7-22(15-26(19)39-31(43)27-16-24-17-37-29-25(9-10-36-29)28(24)44-27)30(42)38-20(2)6-8-23(21(3)32(33,34)35)18-41-13-11-40(4)12-14-41/h5-10,15-17H,2,11-14,18H2,1,3-4H3,(H,36,37)(H,38,42)(H,39,43)/b8-6-,23-21-. The number of aromatic nitrogens is 2. The number of nitrogens with zero attached hydrogens (tertiary/aromatic N) is 3. The summed E-state index contributed by atoms with van der Waals surface area (Å²) >= 11 is 1.36. The molecule has 12 heteroatoms. The van der Waals surface area contributed by atoms with E-state index in [9.17, 15) is 22.8 Å². The van der Waals surface area contributed by atoms with Gasteiger partial charge in [0.25, 0.3) is 11.8 Å². The van der Waals surface area contributed by atoms with Crippen LogP contribution in [0.15, 0.2) is 78.3 Å². The number of aromatic amines is 1. The molecule has 230 valence electrons. The van der Waals surface area contributed by atoms with Crippen LogP contribution in [0.2, 0.25) is 0 Å². The number of fused-ring (bicyclic) bond motifs is 3. The molecule has 0 aliphatic carbocycles. The third kappa shape index (κ3) is 7.09. The van der Waals surface area contributed by atoms with Gasteiger partial charge < -0.3 is 20.5 Å². The molecule has 3 aromatic heterocycles. The molecule has 4 aromatic rings. The van der Waals surface area contributed by atoms with Crippen molar-refractivity contribution in [2.45, 2.75) is 20.0 Å². The molecule has 1 aliphatic rings. The molecular weight excluding hydrogens is 589 g/mol. The van der Waals surface area contributed by atoms with Crippen LogP contribution in [0.3, 0.4) is 0 Å². The zero-order valence-corrected chi connectivity index (χ0v) is 25.5. The molecule has 0 spiro atoms. The van der Waals surface area contributed by atoms with Crippen LogP contribution in [0.5, 0.6) is 0 Å². The van der Waals surface area contributed by atoms with Gasteiger partial charge in [-0.25, -0.2) is 4.98 Å². The number of likely N-dealkylation sites (N-methyl/N-ethyl adjacent to an activating group) is 1. The van der Waals surface area contributed by atoms with Gasteiger partial charge in [-0.05, 0) is 62.4 Å². The number of piperazine rings is 1. The van der Waals surface area contributed by atoms with Crippen molar-refractivity contribution in [3.63, 3.8) is 0 Å². The predicted molar refractivity (Wildman–Crippen MR) is 169 cm³/mol. The second-order valence-electron chi connectivity index (χ2n) is 10.9. The molecule has 2 amide bonds. The van der Waals surface area contributed by atoms with Crippen molar-refractivity contribution in [3.05, 3.63) is 94.3 Å². The number of hydrogen-bond acceptors (Lipinski definition) is 6. The van der Waals surface area contributed by atoms with Crippen LogP contribution < -0.4 is 10.6 Å². The summed E-state index contributed by atoms with van der Waals surface area (Å²) in [6.07, 6.45) is 1.80. The fourth-order valence-electron chi connectivity index (χ4n) is 4.88. The largest absolute Gasteiger partial charge is 0.412 e. The summed E-state index contributed by atoms with van der Waals surface area (Å²) in [5.74, 6) is -0.822. The van der Waals surface area contributed by atoms with Gasteiger partial charge in [0.1, 0.15) is 5.65 Å². The summed E-state index contributed by atoms with van der Waals surface area (Å²) in [5.41, 5.74) is 1.80. The van der Waals surface area contributed by atoms with Crippen LogP contribution in [0.4, 0.5) is 18.9 Å². The number of rotatable bonds is 8. The topological polar surface area (TPSA) is 93.4 Å². The van der Waals surface area contributed by atoms with Gasteiger partial charge in [-0.15, -0.1) is 11.3 Å². The number of halogens is 3. The van der Waals surface area contributed by atoms with Gasteiger partial charge in [0.2, 0.25) is 0 Å². The molecule has 0 unspecified atom stereocenters. The Morgan fingerprint density at radius 2 is 1.86 bits per heavy atom. The van der Waals surface area contributed by atoms with Gasteiger partial charge in [0.15, 0.2) is 0 Å². The monoisotopic (exact) mass is 622 g/mol. The first kappa shape index (κ1) is 31.2. The minimum Gasteiger partial charge on any atom is -0.346 e. The number of allylic oxidation sites excluding steroid dienone is 2. The lowest BCUT2D eigenvalue weighted by atomic mass is 10.1. The molecule has 0 radical (unpaired) electrons. The van der Waals surface area contributed by atoms with E-state index >= 15 is 0 Å². The highest BCUT2D eigenvalue weighted by Crippen LogP contribution is 2.32. The van der Waals surface area contributed by atoms with Crippen LogP contribution in [0.1, 0.15) is 32.5 Å². The van der Waals surface area contributed by atoms with Crippen molar-refractivity contribution >= 4 is 50.0 Å². The van der Waals surface area contributed by atoms with E-state index < -0.39 is 17.7 Å². The number of aryl methyl sites for hydroxylation is 1. The van der Waals surface area contributed by atoms with E-state index in [-0.39, 0.29) is 29.3 Å². The first-order chi connectivity index (χ1) is 20.9. The second-order valence-corrected chi connectivity index (χ2v) is 12.0. The molecule has 1 fully saturated rings. The molecule has 4 heterocycles. The lowest BCUT2D eigenvalue weighted by molar-refractivity contribution is -0.0922. The maximum atomic E-state index is 13.6. The quantitative estimate of drug-likeness (QED) is 0.202. The SMILES string of the molecule is C=C(/C=C\C(CN1CCN(C)CC1)=C(/C)C(F)(F)F)NC(=O)c1ccc(C)c(NC(=O)c2cc3cnc4[nH]ccc4c3s2)c1. The highest BCUT2D eigenvalue weighted by Gasteiger charge is 2.32. The average molecular weight is 623 g/mol. The molecule has 1 aliphatic heterocycles. The molecule has 0 atom stereocenters. The molecule has 1 aromatic carbocycles. The highest BCUT2D eigenvalue weighted by atomic mass is 32.1. The Morgan fingerprint density at radius 1 is 1.11 bits per heavy atom. The van der Waals surface area contributed by atoms with Gasteiger partial charge >= 0.3 is 6.18 Å². The van der Waals surface area contributed by atoms with Gasteiger partial charge in [0.05, 0.1) is 4.88 Å². The second kappa shape index (κ2) is 12.8. The Balaban J connectivity index is 1.27. The Hall–Kier alpha value is -4.26. The zero-order valence-electron chi connectivity index (χ0n) is 24.6. The van der Waals surface area contributed by atoms with Crippen LogP contribution in [-0.2, 0) is 0 Å². The van der Waals surface area contributed by atoms with E-state index in [4.69, 9.17) is 0 Å². The third-order valence-electron chi connectivity index (χ3n) is 7.69. The van der Waals surface area contributed by atoms with Crippen LogP contribution in [-0.4, -0.2) is 77.5 Å². The van der Waals surface area contributed by atoms with Crippen molar-refractivity contribution in [2.24, 2.45) is 0 Å². The summed E-state index contributed by atoms with van der Waals surface area (Å²) in [5, 5.41) is 7.32. The first-order valence-electron chi connectivity index (χ1n) is 14.0. The predicted octanol–water partition coefficient (Wildman–Crippen LogP) is 6.26. The summed E-state index contributed by atoms with van der Waals surface area (Å²) in [4.78, 5) is 38.3. The maximum Gasteiger partial charge on any atom is 0.412 e. The van der Waals surface area contributed by atoms with Gasteiger partial charge in [-0.3, -0.25) is 14.5 Å². The minimum atomic E-state index is -4.47. The molecule has 3 N–H and O–H groups in total. The zero-order chi connectivity index (χ0) is 31.6. The lowest BCUT2D eigenvalue weighted by Crippen LogP contribution is -2.45. The number of thiophene rings is 1. The van der Waals surface area contributed by atoms with Gasteiger partial charge in [-0.1, -0.05) is 18.7 Å². The van der Waals surface area contributed by atoms with E-state index in [1.165, 1.54) is 23.5 Å².